The van der Waals surface area contributed by atoms with Gasteiger partial charge in [0.25, 0.3) is 0 Å². The predicted molar refractivity (Wildman–Crippen MR) is 202 cm³/mol. The van der Waals surface area contributed by atoms with Gasteiger partial charge in [-0.15, -0.1) is 0 Å². The average molecular weight is 621 g/mol. The summed E-state index contributed by atoms with van der Waals surface area (Å²) in [6.07, 6.45) is 4.00. The molecule has 0 unspecified atom stereocenters. The van der Waals surface area contributed by atoms with E-state index in [1.807, 2.05) is 12.4 Å². The van der Waals surface area contributed by atoms with Gasteiger partial charge in [0.05, 0.1) is 11.0 Å². The molecule has 1 aliphatic heterocycles. The Labute approximate surface area is 277 Å². The molecule has 0 N–H and O–H groups in total. The summed E-state index contributed by atoms with van der Waals surface area (Å²) >= 11 is 0. The van der Waals surface area contributed by atoms with E-state index in [4.69, 9.17) is 9.97 Å². The van der Waals surface area contributed by atoms with Crippen LogP contribution in [0.2, 0.25) is 5.04 Å². The van der Waals surface area contributed by atoms with Crippen LogP contribution in [-0.2, 0) is 0 Å². The van der Waals surface area contributed by atoms with Gasteiger partial charge in [-0.2, -0.15) is 0 Å². The minimum atomic E-state index is -2.97. The summed E-state index contributed by atoms with van der Waals surface area (Å²) in [5.74, 6) is 0. The van der Waals surface area contributed by atoms with E-state index in [1.165, 1.54) is 59.8 Å². The maximum atomic E-state index is 4.86. The van der Waals surface area contributed by atoms with E-state index in [2.05, 4.69) is 172 Å². The van der Waals surface area contributed by atoms with Crippen LogP contribution in [0.15, 0.2) is 164 Å². The smallest absolute Gasteiger partial charge is 0.156 e. The fraction of sp³-hybridized carbons (Fsp3) is 0.0909. The van der Waals surface area contributed by atoms with Gasteiger partial charge < -0.3 is 0 Å². The van der Waals surface area contributed by atoms with E-state index in [9.17, 15) is 0 Å². The monoisotopic (exact) mass is 620 g/mol. The van der Waals surface area contributed by atoms with E-state index in [0.717, 1.165) is 11.0 Å². The van der Waals surface area contributed by atoms with Crippen molar-refractivity contribution in [2.24, 2.45) is 0 Å². The number of benzene rings is 5. The summed E-state index contributed by atoms with van der Waals surface area (Å²) in [6, 6.07) is 55.3. The lowest BCUT2D eigenvalue weighted by Gasteiger charge is -2.46. The van der Waals surface area contributed by atoms with Crippen molar-refractivity contribution < 1.29 is 0 Å². The molecule has 47 heavy (non-hydrogen) atoms. The number of aromatic nitrogens is 2. The summed E-state index contributed by atoms with van der Waals surface area (Å²) in [5.41, 5.74) is 9.64. The third-order valence-electron chi connectivity index (χ3n) is 9.79. The molecule has 5 aromatic carbocycles. The average Bonchev–Trinajstić information content (AvgIpc) is 3.45. The van der Waals surface area contributed by atoms with Crippen LogP contribution in [0.5, 0.6) is 0 Å². The molecule has 7 aromatic rings. The number of hydrogen-bond acceptors (Lipinski definition) is 2. The summed E-state index contributed by atoms with van der Waals surface area (Å²) in [7, 11) is -2.97. The van der Waals surface area contributed by atoms with Crippen molar-refractivity contribution in [3.8, 4) is 0 Å². The maximum Gasteiger partial charge on any atom is 0.156 e. The number of hydrogen-bond donors (Lipinski definition) is 0. The molecule has 3 heterocycles. The van der Waals surface area contributed by atoms with Crippen LogP contribution in [0.3, 0.4) is 0 Å². The molecule has 226 valence electrons. The van der Waals surface area contributed by atoms with Gasteiger partial charge in [-0.05, 0) is 78.3 Å². The summed E-state index contributed by atoms with van der Waals surface area (Å²) in [5, 5.41) is 6.50. The molecule has 0 radical (unpaired) electrons. The van der Waals surface area contributed by atoms with Crippen molar-refractivity contribution in [1.82, 2.24) is 9.97 Å². The van der Waals surface area contributed by atoms with E-state index in [1.54, 1.807) is 0 Å². The van der Waals surface area contributed by atoms with Crippen molar-refractivity contribution in [2.45, 2.75) is 25.8 Å². The Balaban J connectivity index is 1.69. The first-order chi connectivity index (χ1) is 23.0. The van der Waals surface area contributed by atoms with Gasteiger partial charge in [-0.3, -0.25) is 9.97 Å². The van der Waals surface area contributed by atoms with E-state index >= 15 is 0 Å². The number of nitrogens with zero attached hydrogens (tertiary/aromatic N) is 2. The van der Waals surface area contributed by atoms with Crippen molar-refractivity contribution in [1.29, 1.82) is 0 Å². The molecule has 2 nitrogen and oxygen atoms in total. The number of rotatable bonds is 5. The van der Waals surface area contributed by atoms with Gasteiger partial charge in [0.2, 0.25) is 0 Å². The lowest BCUT2D eigenvalue weighted by molar-refractivity contribution is 0.741. The Morgan fingerprint density at radius 2 is 0.809 bits per heavy atom. The van der Waals surface area contributed by atoms with E-state index in [-0.39, 0.29) is 5.04 Å². The molecule has 0 fully saturated rings. The SMILES string of the molecule is CC(C)(C)[Si]1(c2ccccc2)C(c2ccnc3ccccc23)=C(c2ccccc2)C(c2ccccc2)=C1c1ccnc2ccccc12. The Hall–Kier alpha value is -5.38. The van der Waals surface area contributed by atoms with Gasteiger partial charge in [0.15, 0.2) is 8.07 Å². The standard InChI is InChI=1S/C44H36N2Si/c1-44(2,3)47(33-21-11-6-12-22-33)42(36-27-29-45-38-25-15-13-23-34(36)38)40(31-17-7-4-8-18-31)41(32-19-9-5-10-20-32)43(47)37-28-30-46-39-26-16-14-24-35(37)39/h4-30H,1-3H3. The van der Waals surface area contributed by atoms with Gasteiger partial charge in [-0.25, -0.2) is 0 Å². The van der Waals surface area contributed by atoms with E-state index in [0.29, 0.717) is 0 Å². The summed E-state index contributed by atoms with van der Waals surface area (Å²) < 4.78 is 0. The van der Waals surface area contributed by atoms with Crippen LogP contribution in [0.1, 0.15) is 43.0 Å². The van der Waals surface area contributed by atoms with Crippen molar-refractivity contribution in [3.05, 3.63) is 186 Å². The first kappa shape index (κ1) is 29.0. The topological polar surface area (TPSA) is 25.8 Å². The minimum absolute atomic E-state index is 0.148. The van der Waals surface area contributed by atoms with Crippen molar-refractivity contribution >= 4 is 56.6 Å². The van der Waals surface area contributed by atoms with Crippen molar-refractivity contribution in [2.75, 3.05) is 0 Å². The van der Waals surface area contributed by atoms with Crippen LogP contribution >= 0.6 is 0 Å². The molecule has 2 aromatic heterocycles. The van der Waals surface area contributed by atoms with Crippen molar-refractivity contribution in [3.63, 3.8) is 0 Å². The molecule has 0 atom stereocenters. The quantitative estimate of drug-likeness (QED) is 0.179. The van der Waals surface area contributed by atoms with Crippen LogP contribution in [0.4, 0.5) is 0 Å². The molecule has 0 saturated heterocycles. The van der Waals surface area contributed by atoms with Gasteiger partial charge in [-0.1, -0.05) is 148 Å². The third-order valence-corrected chi connectivity index (χ3v) is 15.8. The fourth-order valence-electron chi connectivity index (χ4n) is 8.00. The molecule has 3 heteroatoms. The maximum absolute atomic E-state index is 4.86. The molecule has 0 aliphatic carbocycles. The molecule has 0 bridgehead atoms. The summed E-state index contributed by atoms with van der Waals surface area (Å²) in [4.78, 5) is 9.72. The molecule has 0 saturated carbocycles. The zero-order valence-corrected chi connectivity index (χ0v) is 28.0. The van der Waals surface area contributed by atoms with Gasteiger partial charge in [0.1, 0.15) is 0 Å². The molecule has 1 aliphatic rings. The Morgan fingerprint density at radius 1 is 0.426 bits per heavy atom. The Bertz CT molecular complexity index is 2170. The number of para-hydroxylation sites is 2. The third kappa shape index (κ3) is 4.53. The van der Waals surface area contributed by atoms with Crippen LogP contribution in [0.25, 0.3) is 43.3 Å². The highest BCUT2D eigenvalue weighted by Crippen LogP contribution is 2.63. The second-order valence-electron chi connectivity index (χ2n) is 13.3. The summed E-state index contributed by atoms with van der Waals surface area (Å²) in [6.45, 7) is 7.40. The van der Waals surface area contributed by atoms with Gasteiger partial charge in [0, 0.05) is 23.2 Å². The first-order valence-corrected chi connectivity index (χ1v) is 18.3. The zero-order valence-electron chi connectivity index (χ0n) is 27.0. The zero-order chi connectivity index (χ0) is 32.0. The largest absolute Gasteiger partial charge is 0.256 e. The first-order valence-electron chi connectivity index (χ1n) is 16.3. The predicted octanol–water partition coefficient (Wildman–Crippen LogP) is 10.6. The van der Waals surface area contributed by atoms with E-state index < -0.39 is 8.07 Å². The number of allylic oxidation sites excluding steroid dienone is 2. The highest BCUT2D eigenvalue weighted by molar-refractivity contribution is 7.24. The molecule has 8 rings (SSSR count). The Morgan fingerprint density at radius 3 is 1.23 bits per heavy atom. The number of fused-ring (bicyclic) bond motifs is 2. The molecule has 0 spiro atoms. The second kappa shape index (κ2) is 11.4. The van der Waals surface area contributed by atoms with Gasteiger partial charge >= 0.3 is 0 Å². The van der Waals surface area contributed by atoms with Crippen LogP contribution < -0.4 is 5.19 Å². The lowest BCUT2D eigenvalue weighted by Crippen LogP contribution is -2.56. The normalized spacial score (nSPS) is 14.7. The molecular formula is C44H36N2Si. The molecular weight excluding hydrogens is 585 g/mol. The molecule has 0 amide bonds. The number of pyridine rings is 2. The minimum Gasteiger partial charge on any atom is -0.256 e. The van der Waals surface area contributed by atoms with Crippen LogP contribution in [0, 0.1) is 0 Å². The highest BCUT2D eigenvalue weighted by atomic mass is 28.3. The lowest BCUT2D eigenvalue weighted by atomic mass is 9.88. The Kier molecular flexibility index (Phi) is 7.08. The van der Waals surface area contributed by atoms with Crippen LogP contribution in [-0.4, -0.2) is 18.0 Å². The fourth-order valence-corrected chi connectivity index (χ4v) is 14.4. The second-order valence-corrected chi connectivity index (χ2v) is 17.9. The highest BCUT2D eigenvalue weighted by Gasteiger charge is 2.58.